The normalized spacial score (nSPS) is 9.94. The number of aromatic nitrogens is 1. The number of hydrazine groups is 1. The summed E-state index contributed by atoms with van der Waals surface area (Å²) >= 11 is 0. The Bertz CT molecular complexity index is 378. The number of pyridine rings is 1. The van der Waals surface area contributed by atoms with Crippen molar-refractivity contribution >= 4 is 17.3 Å². The molecular weight excluding hydrogens is 210 g/mol. The number of hydrogen-bond donors (Lipinski definition) is 2. The van der Waals surface area contributed by atoms with Crippen molar-refractivity contribution in [2.24, 2.45) is 5.84 Å². The highest BCUT2D eigenvalue weighted by Gasteiger charge is 2.19. The Hall–Kier alpha value is -1.89. The van der Waals surface area contributed by atoms with E-state index in [4.69, 9.17) is 5.84 Å². The van der Waals surface area contributed by atoms with Crippen LogP contribution in [-0.4, -0.2) is 23.0 Å². The number of nitrogens with two attached hydrogens (primary N) is 1. The highest BCUT2D eigenvalue weighted by molar-refractivity contribution is 5.61. The zero-order valence-electron chi connectivity index (χ0n) is 9.30. The molecule has 16 heavy (non-hydrogen) atoms. The van der Waals surface area contributed by atoms with Gasteiger partial charge in [0.15, 0.2) is 0 Å². The van der Waals surface area contributed by atoms with Gasteiger partial charge < -0.3 is 10.3 Å². The van der Waals surface area contributed by atoms with Crippen molar-refractivity contribution in [2.45, 2.75) is 13.8 Å². The smallest absolute Gasteiger partial charge is 0.311 e. The van der Waals surface area contributed by atoms with E-state index in [1.54, 1.807) is 4.90 Å². The third-order valence-electron chi connectivity index (χ3n) is 2.26. The largest absolute Gasteiger partial charge is 0.351 e. The van der Waals surface area contributed by atoms with Gasteiger partial charge >= 0.3 is 5.69 Å². The lowest BCUT2D eigenvalue weighted by Crippen LogP contribution is -2.24. The van der Waals surface area contributed by atoms with Crippen LogP contribution < -0.4 is 16.2 Å². The van der Waals surface area contributed by atoms with E-state index >= 15 is 0 Å². The molecule has 0 bridgehead atoms. The van der Waals surface area contributed by atoms with Crippen LogP contribution in [0.5, 0.6) is 0 Å². The zero-order chi connectivity index (χ0) is 12.1. The molecule has 0 unspecified atom stereocenters. The molecule has 3 N–H and O–H groups in total. The molecule has 0 aliphatic heterocycles. The van der Waals surface area contributed by atoms with Crippen molar-refractivity contribution in [3.05, 3.63) is 22.2 Å². The summed E-state index contributed by atoms with van der Waals surface area (Å²) in [5, 5.41) is 10.8. The molecule has 7 nitrogen and oxygen atoms in total. The van der Waals surface area contributed by atoms with Gasteiger partial charge in [-0.2, -0.15) is 0 Å². The van der Waals surface area contributed by atoms with Gasteiger partial charge in [-0.25, -0.2) is 10.8 Å². The molecule has 0 aliphatic rings. The number of nitrogens with one attached hydrogen (secondary N) is 1. The molecular formula is C9H15N5O2. The summed E-state index contributed by atoms with van der Waals surface area (Å²) in [7, 11) is 0. The minimum Gasteiger partial charge on any atom is -0.351 e. The van der Waals surface area contributed by atoms with E-state index in [-0.39, 0.29) is 5.69 Å². The van der Waals surface area contributed by atoms with E-state index in [1.807, 2.05) is 13.8 Å². The fourth-order valence-electron chi connectivity index (χ4n) is 1.42. The van der Waals surface area contributed by atoms with E-state index in [0.717, 1.165) is 0 Å². The Labute approximate surface area is 93.4 Å². The van der Waals surface area contributed by atoms with Crippen molar-refractivity contribution in [2.75, 3.05) is 23.4 Å². The third kappa shape index (κ3) is 2.37. The van der Waals surface area contributed by atoms with Crippen LogP contribution >= 0.6 is 0 Å². The molecule has 0 amide bonds. The second-order valence-electron chi connectivity index (χ2n) is 3.11. The molecule has 0 spiro atoms. The first-order chi connectivity index (χ1) is 7.63. The van der Waals surface area contributed by atoms with E-state index in [1.165, 1.54) is 12.1 Å². The van der Waals surface area contributed by atoms with Gasteiger partial charge in [-0.3, -0.25) is 10.1 Å². The molecule has 7 heteroatoms. The first kappa shape index (κ1) is 12.2. The van der Waals surface area contributed by atoms with Crippen LogP contribution in [0.4, 0.5) is 17.3 Å². The molecule has 0 radical (unpaired) electrons. The summed E-state index contributed by atoms with van der Waals surface area (Å²) in [5.74, 6) is 5.98. The van der Waals surface area contributed by atoms with Gasteiger partial charge in [0.25, 0.3) is 0 Å². The second-order valence-corrected chi connectivity index (χ2v) is 3.11. The van der Waals surface area contributed by atoms with Gasteiger partial charge in [0.05, 0.1) is 4.92 Å². The standard InChI is InChI=1S/C9H15N5O2/c1-3-13(4-2)9-7(14(15)16)5-6-8(11-9)12-10/h5-6H,3-4,10H2,1-2H3,(H,11,12). The summed E-state index contributed by atoms with van der Waals surface area (Å²) in [6.45, 7) is 5.13. The average Bonchev–Trinajstić information content (AvgIpc) is 2.30. The number of nitrogens with zero attached hydrogens (tertiary/aromatic N) is 3. The predicted octanol–water partition coefficient (Wildman–Crippen LogP) is 1.12. The second kappa shape index (κ2) is 5.26. The van der Waals surface area contributed by atoms with Gasteiger partial charge in [-0.15, -0.1) is 0 Å². The zero-order valence-corrected chi connectivity index (χ0v) is 9.30. The number of rotatable bonds is 5. The monoisotopic (exact) mass is 225 g/mol. The topological polar surface area (TPSA) is 97.3 Å². The van der Waals surface area contributed by atoms with Crippen LogP contribution in [0.3, 0.4) is 0 Å². The first-order valence-electron chi connectivity index (χ1n) is 5.01. The fourth-order valence-corrected chi connectivity index (χ4v) is 1.42. The Balaban J connectivity index is 3.24. The highest BCUT2D eigenvalue weighted by atomic mass is 16.6. The van der Waals surface area contributed by atoms with Crippen molar-refractivity contribution in [3.8, 4) is 0 Å². The van der Waals surface area contributed by atoms with Crippen molar-refractivity contribution in [1.29, 1.82) is 0 Å². The number of hydrogen-bond acceptors (Lipinski definition) is 6. The number of nitro groups is 1. The molecule has 1 aromatic rings. The Morgan fingerprint density at radius 2 is 2.12 bits per heavy atom. The molecule has 0 aromatic carbocycles. The molecule has 1 aromatic heterocycles. The third-order valence-corrected chi connectivity index (χ3v) is 2.26. The minimum absolute atomic E-state index is 0.0114. The van der Waals surface area contributed by atoms with Crippen LogP contribution in [0.1, 0.15) is 13.8 Å². The van der Waals surface area contributed by atoms with Gasteiger partial charge in [0.1, 0.15) is 5.82 Å². The molecule has 1 rings (SSSR count). The quantitative estimate of drug-likeness (QED) is 0.442. The minimum atomic E-state index is -0.444. The molecule has 0 saturated heterocycles. The summed E-state index contributed by atoms with van der Waals surface area (Å²) in [6, 6.07) is 2.88. The lowest BCUT2D eigenvalue weighted by atomic mass is 10.3. The number of anilines is 2. The SMILES string of the molecule is CCN(CC)c1nc(NN)ccc1[N+](=O)[O-]. The van der Waals surface area contributed by atoms with Crippen LogP contribution in [-0.2, 0) is 0 Å². The maximum atomic E-state index is 10.8. The van der Waals surface area contributed by atoms with Crippen LogP contribution in [0.25, 0.3) is 0 Å². The molecule has 0 saturated carbocycles. The van der Waals surface area contributed by atoms with Crippen LogP contribution in [0, 0.1) is 10.1 Å². The van der Waals surface area contributed by atoms with E-state index in [9.17, 15) is 10.1 Å². The molecule has 1 heterocycles. The maximum absolute atomic E-state index is 10.8. The highest BCUT2D eigenvalue weighted by Crippen LogP contribution is 2.26. The molecule has 0 fully saturated rings. The Kier molecular flexibility index (Phi) is 4.01. The summed E-state index contributed by atoms with van der Waals surface area (Å²) < 4.78 is 0. The van der Waals surface area contributed by atoms with Crippen LogP contribution in [0.2, 0.25) is 0 Å². The lowest BCUT2D eigenvalue weighted by molar-refractivity contribution is -0.384. The molecule has 0 aliphatic carbocycles. The summed E-state index contributed by atoms with van der Waals surface area (Å²) in [5.41, 5.74) is 2.36. The first-order valence-corrected chi connectivity index (χ1v) is 5.01. The lowest BCUT2D eigenvalue weighted by Gasteiger charge is -2.19. The average molecular weight is 225 g/mol. The van der Waals surface area contributed by atoms with Crippen molar-refractivity contribution in [1.82, 2.24) is 4.98 Å². The summed E-state index contributed by atoms with van der Waals surface area (Å²) in [4.78, 5) is 16.3. The van der Waals surface area contributed by atoms with Gasteiger partial charge in [0.2, 0.25) is 5.82 Å². The maximum Gasteiger partial charge on any atom is 0.311 e. The van der Waals surface area contributed by atoms with E-state index in [2.05, 4.69) is 10.4 Å². The van der Waals surface area contributed by atoms with E-state index in [0.29, 0.717) is 24.7 Å². The van der Waals surface area contributed by atoms with Crippen molar-refractivity contribution in [3.63, 3.8) is 0 Å². The predicted molar refractivity (Wildman–Crippen MR) is 62.3 cm³/mol. The van der Waals surface area contributed by atoms with Gasteiger partial charge in [0, 0.05) is 19.2 Å². The van der Waals surface area contributed by atoms with Crippen LogP contribution in [0.15, 0.2) is 12.1 Å². The number of nitrogen functional groups attached to an aromatic ring is 1. The summed E-state index contributed by atoms with van der Waals surface area (Å²) in [6.07, 6.45) is 0. The van der Waals surface area contributed by atoms with Gasteiger partial charge in [-0.05, 0) is 19.9 Å². The Morgan fingerprint density at radius 1 is 1.50 bits per heavy atom. The molecule has 0 atom stereocenters. The van der Waals surface area contributed by atoms with E-state index < -0.39 is 4.92 Å². The van der Waals surface area contributed by atoms with Crippen molar-refractivity contribution < 1.29 is 4.92 Å². The van der Waals surface area contributed by atoms with Gasteiger partial charge in [-0.1, -0.05) is 0 Å². The Morgan fingerprint density at radius 3 is 2.56 bits per heavy atom. The fraction of sp³-hybridized carbons (Fsp3) is 0.444. The molecule has 88 valence electrons.